The molecular weight excluding hydrogens is 264 g/mol. The number of hydrogen-bond acceptors (Lipinski definition) is 5. The highest BCUT2D eigenvalue weighted by Gasteiger charge is 2.13. The molecule has 0 spiro atoms. The van der Waals surface area contributed by atoms with Crippen LogP contribution in [0.4, 0.5) is 5.82 Å². The summed E-state index contributed by atoms with van der Waals surface area (Å²) < 4.78 is 0. The van der Waals surface area contributed by atoms with Gasteiger partial charge in [-0.25, -0.2) is 15.0 Å². The van der Waals surface area contributed by atoms with Crippen molar-refractivity contribution in [1.82, 2.24) is 25.1 Å². The molecule has 3 rings (SSSR count). The van der Waals surface area contributed by atoms with Crippen LogP contribution in [0.15, 0.2) is 18.5 Å². The van der Waals surface area contributed by atoms with Gasteiger partial charge in [-0.1, -0.05) is 11.6 Å². The highest BCUT2D eigenvalue weighted by atomic mass is 35.5. The number of H-pyrrole nitrogens is 1. The Kier molecular flexibility index (Phi) is 2.79. The molecule has 3 aromatic rings. The third-order valence-corrected chi connectivity index (χ3v) is 3.02. The largest absolute Gasteiger partial charge is 0.372 e. The minimum absolute atomic E-state index is 0.473. The maximum atomic E-state index is 5.97. The molecule has 2 N–H and O–H groups in total. The van der Waals surface area contributed by atoms with Gasteiger partial charge in [0, 0.05) is 13.2 Å². The molecule has 0 unspecified atom stereocenters. The molecule has 3 heterocycles. The molecule has 6 nitrogen and oxygen atoms in total. The number of anilines is 1. The summed E-state index contributed by atoms with van der Waals surface area (Å²) in [6.07, 6.45) is 3.34. The number of aromatic nitrogens is 5. The first-order valence-corrected chi connectivity index (χ1v) is 6.08. The van der Waals surface area contributed by atoms with Crippen molar-refractivity contribution in [1.29, 1.82) is 0 Å². The molecular formula is C12H11ClN6. The third kappa shape index (κ3) is 2.00. The fraction of sp³-hybridized carbons (Fsp3) is 0.167. The van der Waals surface area contributed by atoms with E-state index in [4.69, 9.17) is 11.6 Å². The molecule has 0 aliphatic heterocycles. The standard InChI is InChI=1S/C12H11ClN6/c1-6-3-7-9(18-19-10(7)15-4-6)12-16-5-8(13)11(14-2)17-12/h3-5H,1-2H3,(H,14,16,17)(H,15,18,19). The summed E-state index contributed by atoms with van der Waals surface area (Å²) in [5, 5.41) is 11.4. The highest BCUT2D eigenvalue weighted by Crippen LogP contribution is 2.26. The molecule has 0 fully saturated rings. The second-order valence-electron chi connectivity index (χ2n) is 4.12. The molecule has 0 aromatic carbocycles. The maximum absolute atomic E-state index is 5.97. The second-order valence-corrected chi connectivity index (χ2v) is 4.53. The summed E-state index contributed by atoms with van der Waals surface area (Å²) in [4.78, 5) is 12.8. The van der Waals surface area contributed by atoms with Crippen LogP contribution in [0.1, 0.15) is 5.56 Å². The van der Waals surface area contributed by atoms with Crippen LogP contribution in [0.25, 0.3) is 22.6 Å². The summed E-state index contributed by atoms with van der Waals surface area (Å²) in [6.45, 7) is 1.98. The third-order valence-electron chi connectivity index (χ3n) is 2.75. The van der Waals surface area contributed by atoms with Crippen molar-refractivity contribution >= 4 is 28.5 Å². The topological polar surface area (TPSA) is 79.4 Å². The number of nitrogens with one attached hydrogen (secondary N) is 2. The zero-order chi connectivity index (χ0) is 13.4. The number of pyridine rings is 1. The minimum Gasteiger partial charge on any atom is -0.372 e. The monoisotopic (exact) mass is 274 g/mol. The lowest BCUT2D eigenvalue weighted by atomic mass is 10.2. The maximum Gasteiger partial charge on any atom is 0.182 e. The minimum atomic E-state index is 0.473. The van der Waals surface area contributed by atoms with Crippen LogP contribution in [0, 0.1) is 6.92 Å². The summed E-state index contributed by atoms with van der Waals surface area (Å²) in [5.41, 5.74) is 2.43. The molecule has 0 radical (unpaired) electrons. The smallest absolute Gasteiger partial charge is 0.182 e. The Bertz CT molecular complexity index is 751. The van der Waals surface area contributed by atoms with Crippen LogP contribution >= 0.6 is 11.6 Å². The molecule has 0 aliphatic carbocycles. The number of hydrogen-bond donors (Lipinski definition) is 2. The van der Waals surface area contributed by atoms with E-state index >= 15 is 0 Å². The van der Waals surface area contributed by atoms with Gasteiger partial charge in [-0.2, -0.15) is 5.10 Å². The van der Waals surface area contributed by atoms with Crippen LogP contribution < -0.4 is 5.32 Å². The lowest BCUT2D eigenvalue weighted by Gasteiger charge is -2.03. The lowest BCUT2D eigenvalue weighted by Crippen LogP contribution is -1.97. The van der Waals surface area contributed by atoms with Gasteiger partial charge in [-0.3, -0.25) is 5.10 Å². The summed E-state index contributed by atoms with van der Waals surface area (Å²) in [5.74, 6) is 1.08. The Morgan fingerprint density at radius 1 is 1.26 bits per heavy atom. The normalized spacial score (nSPS) is 10.9. The van der Waals surface area contributed by atoms with Gasteiger partial charge in [0.25, 0.3) is 0 Å². The number of fused-ring (bicyclic) bond motifs is 1. The summed E-state index contributed by atoms with van der Waals surface area (Å²) in [6, 6.07) is 2.00. The van der Waals surface area contributed by atoms with Gasteiger partial charge < -0.3 is 5.32 Å². The van der Waals surface area contributed by atoms with Crippen molar-refractivity contribution in [2.24, 2.45) is 0 Å². The van der Waals surface area contributed by atoms with E-state index in [1.54, 1.807) is 19.4 Å². The zero-order valence-electron chi connectivity index (χ0n) is 10.4. The number of halogens is 1. The Balaban J connectivity index is 2.21. The van der Waals surface area contributed by atoms with Crippen molar-refractivity contribution in [2.45, 2.75) is 6.92 Å². The van der Waals surface area contributed by atoms with Crippen LogP contribution in [0.5, 0.6) is 0 Å². The second kappa shape index (κ2) is 4.47. The molecule has 0 bridgehead atoms. The average molecular weight is 275 g/mol. The molecule has 0 atom stereocenters. The van der Waals surface area contributed by atoms with Crippen molar-refractivity contribution in [3.63, 3.8) is 0 Å². The Labute approximate surface area is 114 Å². The summed E-state index contributed by atoms with van der Waals surface area (Å²) in [7, 11) is 1.76. The molecule has 19 heavy (non-hydrogen) atoms. The van der Waals surface area contributed by atoms with E-state index in [2.05, 4.69) is 30.5 Å². The van der Waals surface area contributed by atoms with E-state index in [1.165, 1.54) is 0 Å². The van der Waals surface area contributed by atoms with E-state index in [1.807, 2.05) is 13.0 Å². The predicted octanol–water partition coefficient (Wildman–Crippen LogP) is 2.42. The van der Waals surface area contributed by atoms with Crippen molar-refractivity contribution in [2.75, 3.05) is 12.4 Å². The first kappa shape index (κ1) is 11.9. The molecule has 7 heteroatoms. The van der Waals surface area contributed by atoms with Gasteiger partial charge in [0.05, 0.1) is 11.6 Å². The Morgan fingerprint density at radius 2 is 2.11 bits per heavy atom. The van der Waals surface area contributed by atoms with E-state index in [-0.39, 0.29) is 0 Å². The van der Waals surface area contributed by atoms with E-state index in [9.17, 15) is 0 Å². The van der Waals surface area contributed by atoms with Gasteiger partial charge in [0.15, 0.2) is 11.5 Å². The molecule has 96 valence electrons. The average Bonchev–Trinajstić information content (AvgIpc) is 2.82. The van der Waals surface area contributed by atoms with Crippen LogP contribution in [-0.4, -0.2) is 32.2 Å². The fourth-order valence-corrected chi connectivity index (χ4v) is 2.02. The van der Waals surface area contributed by atoms with E-state index in [0.717, 1.165) is 10.9 Å². The molecule has 0 amide bonds. The number of aryl methyl sites for hydroxylation is 1. The number of aromatic amines is 1. The van der Waals surface area contributed by atoms with E-state index < -0.39 is 0 Å². The van der Waals surface area contributed by atoms with Crippen molar-refractivity contribution < 1.29 is 0 Å². The highest BCUT2D eigenvalue weighted by molar-refractivity contribution is 6.32. The Morgan fingerprint density at radius 3 is 2.89 bits per heavy atom. The van der Waals surface area contributed by atoms with Gasteiger partial charge >= 0.3 is 0 Å². The first-order chi connectivity index (χ1) is 9.19. The van der Waals surface area contributed by atoms with Crippen LogP contribution in [0.2, 0.25) is 5.02 Å². The summed E-state index contributed by atoms with van der Waals surface area (Å²) >= 11 is 5.97. The molecule has 0 saturated carbocycles. The lowest BCUT2D eigenvalue weighted by molar-refractivity contribution is 1.07. The SMILES string of the molecule is CNc1nc(-c2n[nH]c3ncc(C)cc23)ncc1Cl. The Hall–Kier alpha value is -2.21. The zero-order valence-corrected chi connectivity index (χ0v) is 11.2. The van der Waals surface area contributed by atoms with Gasteiger partial charge in [0.1, 0.15) is 16.5 Å². The van der Waals surface area contributed by atoms with Crippen molar-refractivity contribution in [3.05, 3.63) is 29.0 Å². The van der Waals surface area contributed by atoms with E-state index in [0.29, 0.717) is 28.0 Å². The number of rotatable bonds is 2. The fourth-order valence-electron chi connectivity index (χ4n) is 1.83. The quantitative estimate of drug-likeness (QED) is 0.750. The predicted molar refractivity (Wildman–Crippen MR) is 74.2 cm³/mol. The van der Waals surface area contributed by atoms with Gasteiger partial charge in [0.2, 0.25) is 0 Å². The molecule has 3 aromatic heterocycles. The van der Waals surface area contributed by atoms with Gasteiger partial charge in [-0.15, -0.1) is 0 Å². The first-order valence-electron chi connectivity index (χ1n) is 5.70. The number of nitrogens with zero attached hydrogens (tertiary/aromatic N) is 4. The van der Waals surface area contributed by atoms with Gasteiger partial charge in [-0.05, 0) is 18.6 Å². The molecule has 0 saturated heterocycles. The van der Waals surface area contributed by atoms with Crippen LogP contribution in [0.3, 0.4) is 0 Å². The van der Waals surface area contributed by atoms with Crippen molar-refractivity contribution in [3.8, 4) is 11.5 Å². The van der Waals surface area contributed by atoms with Crippen LogP contribution in [-0.2, 0) is 0 Å². The molecule has 0 aliphatic rings.